The van der Waals surface area contributed by atoms with Crippen molar-refractivity contribution in [3.05, 3.63) is 162 Å². The molecule has 1 fully saturated rings. The van der Waals surface area contributed by atoms with Gasteiger partial charge >= 0.3 is 6.03 Å². The molecule has 0 aliphatic carbocycles. The third kappa shape index (κ3) is 7.12. The monoisotopic (exact) mass is 860 g/mol. The summed E-state index contributed by atoms with van der Waals surface area (Å²) in [7, 11) is 0. The highest BCUT2D eigenvalue weighted by molar-refractivity contribution is 14.1. The molecule has 3 heterocycles. The van der Waals surface area contributed by atoms with Gasteiger partial charge in [0.05, 0.1) is 20.8 Å². The van der Waals surface area contributed by atoms with E-state index in [1.807, 2.05) is 55.5 Å². The van der Waals surface area contributed by atoms with E-state index in [1.54, 1.807) is 24.3 Å². The Morgan fingerprint density at radius 3 is 2.09 bits per heavy atom. The summed E-state index contributed by atoms with van der Waals surface area (Å²) in [6, 6.07) is 33.3. The van der Waals surface area contributed by atoms with Gasteiger partial charge in [-0.25, -0.2) is 9.69 Å². The number of imide groups is 2. The second-order valence-corrected chi connectivity index (χ2v) is 15.1. The van der Waals surface area contributed by atoms with Gasteiger partial charge in [0.15, 0.2) is 11.5 Å². The minimum Gasteiger partial charge on any atom is -0.490 e. The van der Waals surface area contributed by atoms with Crippen LogP contribution in [0.15, 0.2) is 115 Å². The molecule has 0 bridgehead atoms. The van der Waals surface area contributed by atoms with Gasteiger partial charge in [-0.1, -0.05) is 72.8 Å². The topological polar surface area (TPSA) is 131 Å². The van der Waals surface area contributed by atoms with Crippen LogP contribution in [0.1, 0.15) is 65.0 Å². The predicted octanol–water partition coefficient (Wildman–Crippen LogP) is 8.72. The number of rotatable bonds is 10. The third-order valence-corrected chi connectivity index (χ3v) is 11.3. The zero-order chi connectivity index (χ0) is 38.9. The van der Waals surface area contributed by atoms with E-state index in [0.717, 1.165) is 58.8 Å². The molecule has 11 nitrogen and oxygen atoms in total. The second kappa shape index (κ2) is 15.6. The van der Waals surface area contributed by atoms with Crippen molar-refractivity contribution in [1.29, 1.82) is 0 Å². The van der Waals surface area contributed by atoms with Crippen molar-refractivity contribution in [2.24, 2.45) is 0 Å². The largest absolute Gasteiger partial charge is 0.490 e. The number of barbiturate groups is 1. The van der Waals surface area contributed by atoms with Crippen LogP contribution < -0.4 is 24.6 Å². The van der Waals surface area contributed by atoms with Crippen LogP contribution in [0.4, 0.5) is 21.9 Å². The summed E-state index contributed by atoms with van der Waals surface area (Å²) < 4.78 is 12.6. The second-order valence-electron chi connectivity index (χ2n) is 13.9. The molecule has 12 heteroatoms. The molecule has 8 rings (SSSR count). The van der Waals surface area contributed by atoms with Crippen LogP contribution >= 0.6 is 22.6 Å². The number of ether oxygens (including phenoxy) is 2. The molecule has 5 aromatic carbocycles. The number of nitro groups is 1. The van der Waals surface area contributed by atoms with E-state index in [2.05, 4.69) is 57.1 Å². The highest BCUT2D eigenvalue weighted by Crippen LogP contribution is 2.50. The lowest BCUT2D eigenvalue weighted by Gasteiger charge is -2.44. The van der Waals surface area contributed by atoms with Gasteiger partial charge in [-0.15, -0.1) is 0 Å². The fraction of sp³-hybridized carbons (Fsp3) is 0.205. The number of non-ortho nitro benzene ring substituents is 1. The maximum Gasteiger partial charge on any atom is 0.335 e. The zero-order valence-electron chi connectivity index (χ0n) is 30.4. The minimum absolute atomic E-state index is 0.0421. The molecule has 0 unspecified atom stereocenters. The molecule has 2 atom stereocenters. The summed E-state index contributed by atoms with van der Waals surface area (Å²) in [5.41, 5.74) is 6.82. The van der Waals surface area contributed by atoms with E-state index in [0.29, 0.717) is 38.5 Å². The number of anilines is 2. The number of carbonyl (C=O) groups is 3. The van der Waals surface area contributed by atoms with Gasteiger partial charge in [-0.05, 0) is 106 Å². The van der Waals surface area contributed by atoms with Crippen molar-refractivity contribution >= 4 is 63.6 Å². The Balaban J connectivity index is 1.17. The number of nitro benzene ring substituents is 1. The normalized spacial score (nSPS) is 18.4. The van der Waals surface area contributed by atoms with E-state index in [4.69, 9.17) is 9.47 Å². The smallest absolute Gasteiger partial charge is 0.335 e. The summed E-state index contributed by atoms with van der Waals surface area (Å²) in [5.74, 6) is -0.661. The van der Waals surface area contributed by atoms with Crippen LogP contribution in [0.5, 0.6) is 11.5 Å². The number of hydrogen-bond acceptors (Lipinski definition) is 8. The van der Waals surface area contributed by atoms with E-state index >= 15 is 0 Å². The maximum atomic E-state index is 14.5. The van der Waals surface area contributed by atoms with Crippen molar-refractivity contribution in [3.8, 4) is 11.5 Å². The molecule has 1 saturated heterocycles. The van der Waals surface area contributed by atoms with Gasteiger partial charge < -0.3 is 14.4 Å². The molecule has 5 aromatic rings. The van der Waals surface area contributed by atoms with Crippen LogP contribution in [-0.4, -0.2) is 42.5 Å². The van der Waals surface area contributed by atoms with Crippen molar-refractivity contribution in [2.75, 3.05) is 29.5 Å². The number of halogens is 1. The highest BCUT2D eigenvalue weighted by atomic mass is 127. The summed E-state index contributed by atoms with van der Waals surface area (Å²) in [5, 5.41) is 13.7. The number of benzene rings is 5. The van der Waals surface area contributed by atoms with Crippen LogP contribution in [0.2, 0.25) is 0 Å². The fourth-order valence-electron chi connectivity index (χ4n) is 8.02. The number of nitrogens with zero attached hydrogens (tertiary/aromatic N) is 3. The van der Waals surface area contributed by atoms with E-state index in [-0.39, 0.29) is 29.7 Å². The summed E-state index contributed by atoms with van der Waals surface area (Å²) >= 11 is 2.08. The van der Waals surface area contributed by atoms with Gasteiger partial charge in [-0.2, -0.15) is 0 Å². The Labute approximate surface area is 337 Å². The third-order valence-electron chi connectivity index (χ3n) is 10.5. The first-order chi connectivity index (χ1) is 27.2. The first-order valence-electron chi connectivity index (χ1n) is 18.5. The predicted molar refractivity (Wildman–Crippen MR) is 221 cm³/mol. The SMILES string of the molecule is CCOc1cc(/C=C2\C(=O)NC(=O)N(c3cc4c5c(c3)[C@H](c3ccccc3)CCN5CC[C@@H]4c3ccccc3)C2=O)cc(I)c1OCc1cccc([N+](=O)[O-])c1. The lowest BCUT2D eigenvalue weighted by atomic mass is 9.76. The number of urea groups is 1. The van der Waals surface area contributed by atoms with Crippen LogP contribution in [0.25, 0.3) is 6.08 Å². The molecule has 282 valence electrons. The van der Waals surface area contributed by atoms with E-state index < -0.39 is 22.8 Å². The lowest BCUT2D eigenvalue weighted by Crippen LogP contribution is -2.54. The molecule has 0 saturated carbocycles. The maximum absolute atomic E-state index is 14.5. The Hall–Kier alpha value is -6.02. The molecular formula is C44H37IN4O7. The Kier molecular flexibility index (Phi) is 10.3. The summed E-state index contributed by atoms with van der Waals surface area (Å²) in [6.07, 6.45) is 3.22. The number of hydrogen-bond donors (Lipinski definition) is 1. The van der Waals surface area contributed by atoms with E-state index in [9.17, 15) is 24.5 Å². The van der Waals surface area contributed by atoms with Crippen molar-refractivity contribution < 1.29 is 28.8 Å². The first-order valence-corrected chi connectivity index (χ1v) is 19.5. The Bertz CT molecular complexity index is 2330. The highest BCUT2D eigenvalue weighted by Gasteiger charge is 2.40. The first kappa shape index (κ1) is 36.9. The van der Waals surface area contributed by atoms with Crippen LogP contribution in [0.3, 0.4) is 0 Å². The average Bonchev–Trinajstić information content (AvgIpc) is 3.20. The van der Waals surface area contributed by atoms with Crippen molar-refractivity contribution in [1.82, 2.24) is 5.32 Å². The molecule has 3 aliphatic rings. The van der Waals surface area contributed by atoms with Gasteiger partial charge in [0.1, 0.15) is 12.2 Å². The molecular weight excluding hydrogens is 823 g/mol. The number of amides is 4. The standard InChI is InChI=1S/C44H37IN4O7/c1-2-55-39-23-28(22-38(45)41(39)56-26-27-10-9-15-31(20-27)49(53)54)21-37-42(50)46-44(52)48(43(37)51)32-24-35-33(29-11-5-3-6-12-29)16-18-47-19-17-34(36(25-32)40(35)47)30-13-7-4-8-14-30/h3-15,20-25,33-34H,2,16-19,26H2,1H3,(H,46,50,52)/b37-21+/t33-,34+. The van der Waals surface area contributed by atoms with Crippen molar-refractivity contribution in [3.63, 3.8) is 0 Å². The Morgan fingerprint density at radius 1 is 0.839 bits per heavy atom. The molecule has 4 amide bonds. The molecule has 56 heavy (non-hydrogen) atoms. The quantitative estimate of drug-likeness (QED) is 0.0485. The molecule has 0 radical (unpaired) electrons. The number of nitrogens with one attached hydrogen (secondary N) is 1. The lowest BCUT2D eigenvalue weighted by molar-refractivity contribution is -0.384. The zero-order valence-corrected chi connectivity index (χ0v) is 32.6. The van der Waals surface area contributed by atoms with Crippen LogP contribution in [0, 0.1) is 13.7 Å². The van der Waals surface area contributed by atoms with Gasteiger partial charge in [0.2, 0.25) is 0 Å². The van der Waals surface area contributed by atoms with Gasteiger partial charge in [0.25, 0.3) is 17.5 Å². The number of carbonyl (C=O) groups excluding carboxylic acids is 3. The van der Waals surface area contributed by atoms with E-state index in [1.165, 1.54) is 18.2 Å². The molecule has 0 spiro atoms. The van der Waals surface area contributed by atoms with Crippen molar-refractivity contribution in [2.45, 2.75) is 38.2 Å². The average molecular weight is 861 g/mol. The minimum atomic E-state index is -0.810. The molecule has 1 N–H and O–H groups in total. The van der Waals surface area contributed by atoms with Crippen LogP contribution in [-0.2, 0) is 16.2 Å². The Morgan fingerprint density at radius 2 is 1.48 bits per heavy atom. The summed E-state index contributed by atoms with van der Waals surface area (Å²) in [6.45, 7) is 3.96. The fourth-order valence-corrected chi connectivity index (χ4v) is 8.80. The van der Waals surface area contributed by atoms with Gasteiger partial charge in [0, 0.05) is 42.7 Å². The summed E-state index contributed by atoms with van der Waals surface area (Å²) in [4.78, 5) is 55.9. The molecule has 0 aromatic heterocycles. The molecule has 3 aliphatic heterocycles. The van der Waals surface area contributed by atoms with Gasteiger partial charge in [-0.3, -0.25) is 25.0 Å².